The fourth-order valence-electron chi connectivity index (χ4n) is 7.91. The van der Waals surface area contributed by atoms with Crippen molar-refractivity contribution >= 4 is 11.4 Å². The molecule has 0 bridgehead atoms. The molecule has 4 heteroatoms. The van der Waals surface area contributed by atoms with E-state index in [0.29, 0.717) is 22.7 Å². The minimum absolute atomic E-state index is 0.326. The van der Waals surface area contributed by atoms with Gasteiger partial charge in [0, 0.05) is 5.92 Å². The maximum Gasteiger partial charge on any atom is 0.0576 e. The first-order valence-corrected chi connectivity index (χ1v) is 10.3. The molecular formula is C21H34N2O2. The smallest absolute Gasteiger partial charge is 0.0576 e. The molecule has 140 valence electrons. The van der Waals surface area contributed by atoms with Crippen LogP contribution in [0.3, 0.4) is 0 Å². The standard InChI is InChI=1S/C21H34N2O2/c1-13(22-24)17-6-7-18-16-5-4-14-12-15(23-25)8-10-20(14,2)19(16)9-11-21(17,18)3/h14,16-19,24-25H,4-12H2,1-3H3/b22-13+,23-15-/t14-,16-,17+,18-,19-,20-,21+/m0/s1. The molecule has 0 spiro atoms. The van der Waals surface area contributed by atoms with E-state index in [9.17, 15) is 10.4 Å². The number of fused-ring (bicyclic) bond motifs is 5. The molecule has 0 unspecified atom stereocenters. The highest BCUT2D eigenvalue weighted by Gasteiger charge is 2.60. The molecule has 0 saturated heterocycles. The zero-order chi connectivity index (χ0) is 17.8. The van der Waals surface area contributed by atoms with Crippen LogP contribution in [0, 0.1) is 40.4 Å². The summed E-state index contributed by atoms with van der Waals surface area (Å²) in [7, 11) is 0. The summed E-state index contributed by atoms with van der Waals surface area (Å²) < 4.78 is 0. The second kappa shape index (κ2) is 5.99. The van der Waals surface area contributed by atoms with Crippen LogP contribution in [-0.4, -0.2) is 21.8 Å². The van der Waals surface area contributed by atoms with Gasteiger partial charge in [0.1, 0.15) is 0 Å². The van der Waals surface area contributed by atoms with Gasteiger partial charge in [-0.2, -0.15) is 0 Å². The first kappa shape index (κ1) is 17.4. The Kier molecular flexibility index (Phi) is 4.16. The van der Waals surface area contributed by atoms with E-state index >= 15 is 0 Å². The van der Waals surface area contributed by atoms with Gasteiger partial charge in [-0.15, -0.1) is 0 Å². The van der Waals surface area contributed by atoms with Crippen molar-refractivity contribution in [2.75, 3.05) is 0 Å². The van der Waals surface area contributed by atoms with Crippen molar-refractivity contribution < 1.29 is 10.4 Å². The quantitative estimate of drug-likeness (QED) is 0.383. The lowest BCUT2D eigenvalue weighted by atomic mass is 9.44. The third kappa shape index (κ3) is 2.39. The van der Waals surface area contributed by atoms with Crippen LogP contribution < -0.4 is 0 Å². The van der Waals surface area contributed by atoms with Crippen molar-refractivity contribution in [1.82, 2.24) is 0 Å². The maximum atomic E-state index is 9.33. The number of oxime groups is 2. The van der Waals surface area contributed by atoms with Crippen molar-refractivity contribution in [3.8, 4) is 0 Å². The van der Waals surface area contributed by atoms with Crippen LogP contribution in [-0.2, 0) is 0 Å². The minimum atomic E-state index is 0.326. The summed E-state index contributed by atoms with van der Waals surface area (Å²) in [6, 6.07) is 0. The molecule has 0 aliphatic heterocycles. The van der Waals surface area contributed by atoms with E-state index in [1.54, 1.807) is 0 Å². The SMILES string of the molecule is C/C(=N\O)[C@H]1CC[C@H]2[C@@H]3CC[C@H]4C/C(=N\O)CC[C@]4(C)[C@H]3CC[C@]12C. The van der Waals surface area contributed by atoms with Crippen molar-refractivity contribution in [3.63, 3.8) is 0 Å². The second-order valence-electron chi connectivity index (χ2n) is 9.94. The summed E-state index contributed by atoms with van der Waals surface area (Å²) in [4.78, 5) is 0. The summed E-state index contributed by atoms with van der Waals surface area (Å²) in [6.45, 7) is 7.03. The van der Waals surface area contributed by atoms with Gasteiger partial charge >= 0.3 is 0 Å². The van der Waals surface area contributed by atoms with Gasteiger partial charge in [0.15, 0.2) is 0 Å². The predicted octanol–water partition coefficient (Wildman–Crippen LogP) is 5.33. The first-order valence-electron chi connectivity index (χ1n) is 10.3. The average molecular weight is 347 g/mol. The molecule has 4 saturated carbocycles. The summed E-state index contributed by atoms with van der Waals surface area (Å²) >= 11 is 0. The van der Waals surface area contributed by atoms with Crippen LogP contribution in [0.2, 0.25) is 0 Å². The van der Waals surface area contributed by atoms with Crippen LogP contribution in [0.4, 0.5) is 0 Å². The average Bonchev–Trinajstić information content (AvgIpc) is 2.97. The van der Waals surface area contributed by atoms with Gasteiger partial charge in [0.2, 0.25) is 0 Å². The van der Waals surface area contributed by atoms with Crippen molar-refractivity contribution in [2.45, 2.75) is 78.6 Å². The summed E-state index contributed by atoms with van der Waals surface area (Å²) in [5.74, 6) is 3.63. The van der Waals surface area contributed by atoms with Crippen LogP contribution in [0.5, 0.6) is 0 Å². The molecule has 0 aromatic rings. The van der Waals surface area contributed by atoms with Crippen LogP contribution in [0.25, 0.3) is 0 Å². The largest absolute Gasteiger partial charge is 0.411 e. The highest BCUT2D eigenvalue weighted by atomic mass is 16.4. The Labute approximate surface area is 151 Å². The van der Waals surface area contributed by atoms with E-state index in [1.165, 1.54) is 44.9 Å². The molecule has 0 aromatic heterocycles. The van der Waals surface area contributed by atoms with Gasteiger partial charge < -0.3 is 10.4 Å². The maximum absolute atomic E-state index is 9.33. The fraction of sp³-hybridized carbons (Fsp3) is 0.905. The molecule has 2 N–H and O–H groups in total. The van der Waals surface area contributed by atoms with E-state index in [4.69, 9.17) is 0 Å². The van der Waals surface area contributed by atoms with Crippen LogP contribution in [0.1, 0.15) is 78.6 Å². The van der Waals surface area contributed by atoms with Gasteiger partial charge in [0.25, 0.3) is 0 Å². The van der Waals surface area contributed by atoms with Crippen LogP contribution in [0.15, 0.2) is 10.3 Å². The zero-order valence-electron chi connectivity index (χ0n) is 16.0. The van der Waals surface area contributed by atoms with E-state index in [-0.39, 0.29) is 0 Å². The van der Waals surface area contributed by atoms with E-state index in [1.807, 2.05) is 6.92 Å². The van der Waals surface area contributed by atoms with E-state index in [0.717, 1.165) is 42.0 Å². The number of hydrogen-bond acceptors (Lipinski definition) is 4. The molecule has 7 atom stereocenters. The summed E-state index contributed by atoms with van der Waals surface area (Å²) in [5, 5.41) is 25.7. The van der Waals surface area contributed by atoms with Gasteiger partial charge in [-0.3, -0.25) is 0 Å². The van der Waals surface area contributed by atoms with Crippen LogP contribution >= 0.6 is 0 Å². The molecule has 4 nitrogen and oxygen atoms in total. The number of nitrogens with zero attached hydrogens (tertiary/aromatic N) is 2. The number of hydrogen-bond donors (Lipinski definition) is 2. The molecule has 0 radical (unpaired) electrons. The topological polar surface area (TPSA) is 65.2 Å². The molecule has 4 fully saturated rings. The second-order valence-corrected chi connectivity index (χ2v) is 9.94. The highest BCUT2D eigenvalue weighted by molar-refractivity contribution is 5.85. The Morgan fingerprint density at radius 1 is 0.960 bits per heavy atom. The first-order chi connectivity index (χ1) is 11.9. The van der Waals surface area contributed by atoms with Gasteiger partial charge in [0.05, 0.1) is 11.4 Å². The number of rotatable bonds is 1. The Hall–Kier alpha value is -1.06. The van der Waals surface area contributed by atoms with Gasteiger partial charge in [-0.25, -0.2) is 0 Å². The van der Waals surface area contributed by atoms with Crippen molar-refractivity contribution in [1.29, 1.82) is 0 Å². The molecule has 0 amide bonds. The van der Waals surface area contributed by atoms with Gasteiger partial charge in [-0.05, 0) is 99.2 Å². The van der Waals surface area contributed by atoms with Crippen molar-refractivity contribution in [2.24, 2.45) is 50.7 Å². The lowest BCUT2D eigenvalue weighted by molar-refractivity contribution is -0.0962. The Morgan fingerprint density at radius 3 is 2.44 bits per heavy atom. The lowest BCUT2D eigenvalue weighted by Gasteiger charge is -2.60. The Bertz CT molecular complexity index is 601. The van der Waals surface area contributed by atoms with E-state index in [2.05, 4.69) is 24.2 Å². The lowest BCUT2D eigenvalue weighted by Crippen LogP contribution is -2.53. The Balaban J connectivity index is 1.60. The van der Waals surface area contributed by atoms with Gasteiger partial charge in [-0.1, -0.05) is 24.2 Å². The molecule has 4 rings (SSSR count). The molecule has 0 heterocycles. The third-order valence-electron chi connectivity index (χ3n) is 9.30. The molecule has 25 heavy (non-hydrogen) atoms. The highest BCUT2D eigenvalue weighted by Crippen LogP contribution is 2.67. The minimum Gasteiger partial charge on any atom is -0.411 e. The zero-order valence-corrected chi connectivity index (χ0v) is 16.0. The van der Waals surface area contributed by atoms with E-state index < -0.39 is 0 Å². The molecule has 0 aromatic carbocycles. The summed E-state index contributed by atoms with van der Waals surface area (Å²) in [5.41, 5.74) is 2.73. The summed E-state index contributed by atoms with van der Waals surface area (Å²) in [6.07, 6.45) is 10.9. The third-order valence-corrected chi connectivity index (χ3v) is 9.30. The molecular weight excluding hydrogens is 312 g/mol. The van der Waals surface area contributed by atoms with Crippen molar-refractivity contribution in [3.05, 3.63) is 0 Å². The normalized spacial score (nSPS) is 51.7. The monoisotopic (exact) mass is 346 g/mol. The Morgan fingerprint density at radius 2 is 1.72 bits per heavy atom. The fourth-order valence-corrected chi connectivity index (χ4v) is 7.91. The molecule has 4 aliphatic rings. The molecule has 4 aliphatic carbocycles. The predicted molar refractivity (Wildman–Crippen MR) is 99.3 cm³/mol.